The summed E-state index contributed by atoms with van der Waals surface area (Å²) < 4.78 is 0.789. The van der Waals surface area contributed by atoms with Crippen LogP contribution in [0, 0.1) is 18.3 Å². The molecule has 3 N–H and O–H groups in total. The molecule has 4 aromatic rings. The molecule has 7 heteroatoms. The molecule has 2 aromatic carbocycles. The smallest absolute Gasteiger partial charge is 0.259 e. The van der Waals surface area contributed by atoms with Crippen LogP contribution in [0.2, 0.25) is 0 Å². The van der Waals surface area contributed by atoms with E-state index in [1.54, 1.807) is 0 Å². The zero-order chi connectivity index (χ0) is 25.2. The number of aromatic nitrogens is 1. The predicted octanol–water partition coefficient (Wildman–Crippen LogP) is 6.66. The minimum Gasteiger partial charge on any atom is -0.383 e. The van der Waals surface area contributed by atoms with Gasteiger partial charge in [-0.3, -0.25) is 4.79 Å². The molecule has 1 amide bonds. The average Bonchev–Trinajstić information content (AvgIpc) is 3.26. The fraction of sp³-hybridized carbons (Fsp3) is 0.276. The van der Waals surface area contributed by atoms with Crippen LogP contribution in [0.5, 0.6) is 0 Å². The highest BCUT2D eigenvalue weighted by Gasteiger charge is 2.29. The van der Waals surface area contributed by atoms with Crippen LogP contribution in [0.1, 0.15) is 53.2 Å². The van der Waals surface area contributed by atoms with Gasteiger partial charge in [-0.2, -0.15) is 5.26 Å². The van der Waals surface area contributed by atoms with Crippen LogP contribution in [0.25, 0.3) is 21.3 Å². The number of benzene rings is 2. The number of nitrogens with two attached hydrogens (primary N) is 1. The highest BCUT2D eigenvalue weighted by molar-refractivity contribution is 7.24. The van der Waals surface area contributed by atoms with Gasteiger partial charge in [0, 0.05) is 24.3 Å². The second kappa shape index (κ2) is 10.00. The second-order valence-electron chi connectivity index (χ2n) is 9.24. The fourth-order valence-corrected chi connectivity index (χ4v) is 5.95. The summed E-state index contributed by atoms with van der Waals surface area (Å²) in [7, 11) is 0. The van der Waals surface area contributed by atoms with E-state index >= 15 is 0 Å². The van der Waals surface area contributed by atoms with E-state index in [9.17, 15) is 10.1 Å². The second-order valence-corrected chi connectivity index (χ2v) is 10.3. The van der Waals surface area contributed by atoms with Crippen LogP contribution in [-0.4, -0.2) is 28.9 Å². The lowest BCUT2D eigenvalue weighted by atomic mass is 9.98. The quantitative estimate of drug-likeness (QED) is 0.323. The Morgan fingerprint density at radius 1 is 1.11 bits per heavy atom. The Bertz CT molecular complexity index is 1460. The van der Waals surface area contributed by atoms with Gasteiger partial charge < -0.3 is 16.0 Å². The summed E-state index contributed by atoms with van der Waals surface area (Å²) in [6, 6.07) is 18.5. The van der Waals surface area contributed by atoms with Gasteiger partial charge in [-0.1, -0.05) is 48.9 Å². The molecule has 3 heterocycles. The van der Waals surface area contributed by atoms with E-state index in [1.807, 2.05) is 48.2 Å². The van der Waals surface area contributed by atoms with Gasteiger partial charge in [0.05, 0.1) is 10.2 Å². The molecule has 0 bridgehead atoms. The number of carbonyl (C=O) groups excluding carboxylic acids is 1. The molecule has 5 rings (SSSR count). The molecule has 0 spiro atoms. The molecular weight excluding hydrogens is 466 g/mol. The zero-order valence-electron chi connectivity index (χ0n) is 20.6. The Labute approximate surface area is 215 Å². The summed E-state index contributed by atoms with van der Waals surface area (Å²) in [6.45, 7) is 5.62. The van der Waals surface area contributed by atoms with Gasteiger partial charge in [-0.05, 0) is 55.9 Å². The van der Waals surface area contributed by atoms with Gasteiger partial charge in [0.2, 0.25) is 0 Å². The van der Waals surface area contributed by atoms with Crippen molar-refractivity contribution in [2.45, 2.75) is 39.5 Å². The molecule has 0 saturated carbocycles. The van der Waals surface area contributed by atoms with E-state index in [4.69, 9.17) is 5.73 Å². The van der Waals surface area contributed by atoms with Gasteiger partial charge in [-0.15, -0.1) is 11.3 Å². The number of hydrogen-bond donors (Lipinski definition) is 2. The third-order valence-corrected chi connectivity index (χ3v) is 7.89. The Morgan fingerprint density at radius 2 is 1.81 bits per heavy atom. The van der Waals surface area contributed by atoms with Gasteiger partial charge in [-0.25, -0.2) is 4.98 Å². The molecule has 2 aromatic heterocycles. The largest absolute Gasteiger partial charge is 0.383 e. The van der Waals surface area contributed by atoms with Gasteiger partial charge in [0.15, 0.2) is 0 Å². The first kappa shape index (κ1) is 23.8. The number of rotatable bonds is 5. The van der Waals surface area contributed by atoms with Crippen molar-refractivity contribution in [3.63, 3.8) is 0 Å². The van der Waals surface area contributed by atoms with Crippen molar-refractivity contribution in [3.8, 4) is 17.2 Å². The van der Waals surface area contributed by atoms with Crippen LogP contribution in [-0.2, 0) is 6.42 Å². The Hall–Kier alpha value is -3.89. The van der Waals surface area contributed by atoms with Crippen molar-refractivity contribution >= 4 is 44.0 Å². The summed E-state index contributed by atoms with van der Waals surface area (Å²) in [5.74, 6) is 0.102. The first-order chi connectivity index (χ1) is 17.5. The van der Waals surface area contributed by atoms with E-state index in [0.717, 1.165) is 70.9 Å². The highest BCUT2D eigenvalue weighted by atomic mass is 32.1. The number of nitrogen functional groups attached to an aromatic ring is 1. The van der Waals surface area contributed by atoms with Gasteiger partial charge in [0.25, 0.3) is 5.91 Å². The molecule has 1 aliphatic heterocycles. The normalized spacial score (nSPS) is 13.5. The lowest BCUT2D eigenvalue weighted by molar-refractivity contribution is 0.0727. The molecule has 0 unspecified atom stereocenters. The van der Waals surface area contributed by atoms with Crippen molar-refractivity contribution in [3.05, 3.63) is 70.8 Å². The van der Waals surface area contributed by atoms with Crippen LogP contribution in [0.3, 0.4) is 0 Å². The maximum Gasteiger partial charge on any atom is 0.259 e. The number of nitriles is 1. The van der Waals surface area contributed by atoms with Crippen LogP contribution >= 0.6 is 11.3 Å². The third-order valence-electron chi connectivity index (χ3n) is 6.78. The number of amides is 1. The van der Waals surface area contributed by atoms with Crippen molar-refractivity contribution in [2.75, 3.05) is 24.1 Å². The van der Waals surface area contributed by atoms with Crippen LogP contribution in [0.15, 0.2) is 48.5 Å². The summed E-state index contributed by atoms with van der Waals surface area (Å²) in [6.07, 6.45) is 4.09. The number of anilines is 3. The molecule has 1 aliphatic rings. The van der Waals surface area contributed by atoms with Crippen molar-refractivity contribution in [1.29, 1.82) is 5.26 Å². The maximum absolute atomic E-state index is 13.9. The molecule has 0 radical (unpaired) electrons. The van der Waals surface area contributed by atoms with E-state index in [0.29, 0.717) is 16.6 Å². The van der Waals surface area contributed by atoms with Crippen LogP contribution in [0.4, 0.5) is 16.5 Å². The molecule has 0 atom stereocenters. The van der Waals surface area contributed by atoms with E-state index < -0.39 is 0 Å². The van der Waals surface area contributed by atoms with Crippen molar-refractivity contribution in [1.82, 2.24) is 9.88 Å². The monoisotopic (exact) mass is 495 g/mol. The molecular formula is C29H29N5OS. The molecule has 6 nitrogen and oxygen atoms in total. The number of hydrogen-bond acceptors (Lipinski definition) is 6. The zero-order valence-corrected chi connectivity index (χ0v) is 21.4. The number of thiophene rings is 1. The number of fused-ring (bicyclic) bond motifs is 1. The maximum atomic E-state index is 13.9. The molecule has 182 valence electrons. The van der Waals surface area contributed by atoms with Gasteiger partial charge >= 0.3 is 0 Å². The number of nitrogens with zero attached hydrogens (tertiary/aromatic N) is 3. The van der Waals surface area contributed by atoms with E-state index in [2.05, 4.69) is 35.4 Å². The minimum atomic E-state index is -0.0416. The van der Waals surface area contributed by atoms with E-state index in [-0.39, 0.29) is 11.7 Å². The number of pyridine rings is 1. The Kier molecular flexibility index (Phi) is 6.62. The summed E-state index contributed by atoms with van der Waals surface area (Å²) >= 11 is 1.46. The topological polar surface area (TPSA) is 95.0 Å². The number of piperidine rings is 1. The Balaban J connectivity index is 1.73. The summed E-state index contributed by atoms with van der Waals surface area (Å²) in [5.41, 5.74) is 12.6. The first-order valence-electron chi connectivity index (χ1n) is 12.4. The number of likely N-dealkylation sites (tertiary alicyclic amines) is 1. The lowest BCUT2D eigenvalue weighted by Gasteiger charge is -2.27. The SMILES string of the molecule is CCc1ccc(Nc2sc3c(-c4ccc(C)cc4)c(C#N)c(N)nc3c2C(=O)N2CCCCC2)cc1. The van der Waals surface area contributed by atoms with Crippen molar-refractivity contribution < 1.29 is 4.79 Å². The summed E-state index contributed by atoms with van der Waals surface area (Å²) in [5, 5.41) is 14.2. The minimum absolute atomic E-state index is 0.0416. The van der Waals surface area contributed by atoms with Crippen molar-refractivity contribution in [2.24, 2.45) is 0 Å². The van der Waals surface area contributed by atoms with E-state index in [1.165, 1.54) is 16.9 Å². The standard InChI is InChI=1S/C29H29N5OS/c1-3-19-9-13-21(14-10-19)32-28-24(29(35)34-15-5-4-6-16-34)25-26(36-28)23(22(17-30)27(31)33-25)20-11-7-18(2)8-12-20/h7-14,32H,3-6,15-16H2,1-2H3,(H2,31,33). The highest BCUT2D eigenvalue weighted by Crippen LogP contribution is 2.45. The summed E-state index contributed by atoms with van der Waals surface area (Å²) in [4.78, 5) is 20.4. The molecule has 1 saturated heterocycles. The third kappa shape index (κ3) is 4.40. The van der Waals surface area contributed by atoms with Crippen LogP contribution < -0.4 is 11.1 Å². The first-order valence-corrected chi connectivity index (χ1v) is 13.2. The fourth-order valence-electron chi connectivity index (χ4n) is 4.72. The average molecular weight is 496 g/mol. The predicted molar refractivity (Wildman–Crippen MR) is 148 cm³/mol. The molecule has 0 aliphatic carbocycles. The number of aryl methyl sites for hydroxylation is 2. The molecule has 1 fully saturated rings. The lowest BCUT2D eigenvalue weighted by Crippen LogP contribution is -2.35. The molecule has 36 heavy (non-hydrogen) atoms. The number of carbonyl (C=O) groups is 1. The van der Waals surface area contributed by atoms with Gasteiger partial charge in [0.1, 0.15) is 28.0 Å². The number of nitrogens with one attached hydrogen (secondary N) is 1. The Morgan fingerprint density at radius 3 is 2.44 bits per heavy atom.